The number of aliphatic carboxylic acids is 1. The molecular weight excluding hydrogens is 339 g/mol. The predicted octanol–water partition coefficient (Wildman–Crippen LogP) is 4.44. The Kier molecular flexibility index (Phi) is 5.44. The minimum absolute atomic E-state index is 0.117. The second-order valence-corrected chi connectivity index (χ2v) is 5.66. The van der Waals surface area contributed by atoms with Gasteiger partial charge in [0.1, 0.15) is 5.54 Å². The number of hydrogen-bond acceptors (Lipinski definition) is 2. The fourth-order valence-electron chi connectivity index (χ4n) is 1.75. The minimum Gasteiger partial charge on any atom is -0.480 e. The van der Waals surface area contributed by atoms with Crippen molar-refractivity contribution in [2.75, 3.05) is 5.32 Å². The first kappa shape index (κ1) is 16.8. The Hall–Kier alpha value is -1.24. The van der Waals surface area contributed by atoms with E-state index in [-0.39, 0.29) is 12.8 Å². The van der Waals surface area contributed by atoms with Gasteiger partial charge in [-0.3, -0.25) is 0 Å². The molecule has 1 aromatic rings. The van der Waals surface area contributed by atoms with Crippen molar-refractivity contribution >= 4 is 27.6 Å². The molecule has 0 saturated carbocycles. The maximum Gasteiger partial charge on any atom is 0.389 e. The molecule has 1 unspecified atom stereocenters. The summed E-state index contributed by atoms with van der Waals surface area (Å²) in [6, 6.07) is 6.82. The summed E-state index contributed by atoms with van der Waals surface area (Å²) >= 11 is 3.25. The lowest BCUT2D eigenvalue weighted by Gasteiger charge is -2.27. The van der Waals surface area contributed by atoms with Crippen molar-refractivity contribution < 1.29 is 23.1 Å². The van der Waals surface area contributed by atoms with Crippen molar-refractivity contribution in [2.45, 2.75) is 37.9 Å². The molecule has 0 aliphatic heterocycles. The lowest BCUT2D eigenvalue weighted by atomic mass is 9.94. The second-order valence-electron chi connectivity index (χ2n) is 4.74. The van der Waals surface area contributed by atoms with Gasteiger partial charge in [-0.2, -0.15) is 13.2 Å². The molecule has 2 N–H and O–H groups in total. The maximum absolute atomic E-state index is 12.1. The predicted molar refractivity (Wildman–Crippen MR) is 73.7 cm³/mol. The highest BCUT2D eigenvalue weighted by atomic mass is 79.9. The molecule has 0 fully saturated rings. The zero-order chi connectivity index (χ0) is 15.4. The van der Waals surface area contributed by atoms with E-state index < -0.39 is 24.1 Å². The molecular formula is C13H15BrF3NO2. The fraction of sp³-hybridized carbons (Fsp3) is 0.462. The van der Waals surface area contributed by atoms with Crippen molar-refractivity contribution in [1.29, 1.82) is 0 Å². The second kappa shape index (κ2) is 6.47. The molecule has 0 aromatic heterocycles. The van der Waals surface area contributed by atoms with Crippen LogP contribution < -0.4 is 5.32 Å². The van der Waals surface area contributed by atoms with Gasteiger partial charge in [0.2, 0.25) is 0 Å². The highest BCUT2D eigenvalue weighted by Gasteiger charge is 2.35. The first-order valence-electron chi connectivity index (χ1n) is 5.96. The SMILES string of the molecule is CC(CCCC(F)(F)F)(Nc1cccc(Br)c1)C(=O)O. The number of carboxylic acid groups (broad SMARTS) is 1. The van der Waals surface area contributed by atoms with Gasteiger partial charge in [0.05, 0.1) is 0 Å². The zero-order valence-electron chi connectivity index (χ0n) is 10.8. The summed E-state index contributed by atoms with van der Waals surface area (Å²) in [7, 11) is 0. The van der Waals surface area contributed by atoms with E-state index in [0.717, 1.165) is 4.47 Å². The number of benzene rings is 1. The number of nitrogens with one attached hydrogen (secondary N) is 1. The van der Waals surface area contributed by atoms with E-state index in [1.165, 1.54) is 6.92 Å². The van der Waals surface area contributed by atoms with E-state index in [4.69, 9.17) is 0 Å². The Morgan fingerprint density at radius 1 is 1.35 bits per heavy atom. The van der Waals surface area contributed by atoms with E-state index in [1.807, 2.05) is 0 Å². The topological polar surface area (TPSA) is 49.3 Å². The molecule has 0 amide bonds. The highest BCUT2D eigenvalue weighted by Crippen LogP contribution is 2.28. The monoisotopic (exact) mass is 353 g/mol. The molecule has 0 bridgehead atoms. The van der Waals surface area contributed by atoms with Crippen molar-refractivity contribution in [1.82, 2.24) is 0 Å². The van der Waals surface area contributed by atoms with Gasteiger partial charge in [-0.25, -0.2) is 4.79 Å². The van der Waals surface area contributed by atoms with E-state index in [0.29, 0.717) is 5.69 Å². The first-order valence-corrected chi connectivity index (χ1v) is 6.76. The van der Waals surface area contributed by atoms with Crippen LogP contribution in [0.2, 0.25) is 0 Å². The van der Waals surface area contributed by atoms with Crippen LogP contribution in [-0.2, 0) is 4.79 Å². The van der Waals surface area contributed by atoms with Gasteiger partial charge in [-0.1, -0.05) is 22.0 Å². The van der Waals surface area contributed by atoms with Crippen LogP contribution in [0.1, 0.15) is 26.2 Å². The summed E-state index contributed by atoms with van der Waals surface area (Å²) in [5, 5.41) is 12.0. The van der Waals surface area contributed by atoms with Crippen LogP contribution in [0.4, 0.5) is 18.9 Å². The van der Waals surface area contributed by atoms with Crippen LogP contribution in [0.15, 0.2) is 28.7 Å². The Balaban J connectivity index is 2.74. The Labute approximate surface area is 123 Å². The summed E-state index contributed by atoms with van der Waals surface area (Å²) in [6.07, 6.45) is -5.62. The standard InChI is InChI=1S/C13H15BrF3NO2/c1-12(11(19)20,6-3-7-13(15,16)17)18-10-5-2-4-9(14)8-10/h2,4-5,8,18H,3,6-7H2,1H3,(H,19,20). The molecule has 0 radical (unpaired) electrons. The molecule has 0 spiro atoms. The number of carbonyl (C=O) groups is 1. The third kappa shape index (κ3) is 5.40. The molecule has 1 atom stereocenters. The van der Waals surface area contributed by atoms with Crippen molar-refractivity contribution in [3.63, 3.8) is 0 Å². The summed E-state index contributed by atoms with van der Waals surface area (Å²) in [6.45, 7) is 1.38. The smallest absolute Gasteiger partial charge is 0.389 e. The third-order valence-electron chi connectivity index (χ3n) is 2.85. The molecule has 0 aliphatic rings. The molecule has 3 nitrogen and oxygen atoms in total. The lowest BCUT2D eigenvalue weighted by Crippen LogP contribution is -2.43. The van der Waals surface area contributed by atoms with E-state index >= 15 is 0 Å². The van der Waals surface area contributed by atoms with Gasteiger partial charge in [-0.05, 0) is 38.0 Å². The van der Waals surface area contributed by atoms with Crippen LogP contribution in [0.25, 0.3) is 0 Å². The Bertz CT molecular complexity index is 479. The van der Waals surface area contributed by atoms with Gasteiger partial charge >= 0.3 is 12.1 Å². The van der Waals surface area contributed by atoms with Crippen LogP contribution in [0, 0.1) is 0 Å². The number of rotatable bonds is 6. The maximum atomic E-state index is 12.1. The van der Waals surface area contributed by atoms with E-state index in [9.17, 15) is 23.1 Å². The molecule has 7 heteroatoms. The van der Waals surface area contributed by atoms with Gasteiger partial charge < -0.3 is 10.4 Å². The van der Waals surface area contributed by atoms with Crippen molar-refractivity contribution in [3.8, 4) is 0 Å². The van der Waals surface area contributed by atoms with Crippen molar-refractivity contribution in [3.05, 3.63) is 28.7 Å². The third-order valence-corrected chi connectivity index (χ3v) is 3.35. The van der Waals surface area contributed by atoms with Gasteiger partial charge in [-0.15, -0.1) is 0 Å². The van der Waals surface area contributed by atoms with Crippen LogP contribution in [0.3, 0.4) is 0 Å². The lowest BCUT2D eigenvalue weighted by molar-refractivity contribution is -0.145. The molecule has 0 heterocycles. The van der Waals surface area contributed by atoms with Gasteiger partial charge in [0, 0.05) is 16.6 Å². The molecule has 1 aromatic carbocycles. The van der Waals surface area contributed by atoms with E-state index in [1.54, 1.807) is 24.3 Å². The molecule has 0 aliphatic carbocycles. The van der Waals surface area contributed by atoms with Crippen LogP contribution in [0.5, 0.6) is 0 Å². The Morgan fingerprint density at radius 2 is 2.00 bits per heavy atom. The largest absolute Gasteiger partial charge is 0.480 e. The minimum atomic E-state index is -4.27. The van der Waals surface area contributed by atoms with Gasteiger partial charge in [0.15, 0.2) is 0 Å². The molecule has 1 rings (SSSR count). The average Bonchev–Trinajstić information content (AvgIpc) is 2.26. The highest BCUT2D eigenvalue weighted by molar-refractivity contribution is 9.10. The van der Waals surface area contributed by atoms with Crippen LogP contribution >= 0.6 is 15.9 Å². The first-order chi connectivity index (χ1) is 9.12. The molecule has 0 saturated heterocycles. The fourth-order valence-corrected chi connectivity index (χ4v) is 2.15. The molecule has 20 heavy (non-hydrogen) atoms. The zero-order valence-corrected chi connectivity index (χ0v) is 12.4. The van der Waals surface area contributed by atoms with E-state index in [2.05, 4.69) is 21.2 Å². The number of carboxylic acids is 1. The average molecular weight is 354 g/mol. The number of halogens is 4. The van der Waals surface area contributed by atoms with Crippen molar-refractivity contribution in [2.24, 2.45) is 0 Å². The number of anilines is 1. The Morgan fingerprint density at radius 3 is 2.50 bits per heavy atom. The van der Waals surface area contributed by atoms with Gasteiger partial charge in [0.25, 0.3) is 0 Å². The summed E-state index contributed by atoms with van der Waals surface area (Å²) in [5.74, 6) is -1.18. The summed E-state index contributed by atoms with van der Waals surface area (Å²) in [4.78, 5) is 11.3. The van der Waals surface area contributed by atoms with Crippen LogP contribution in [-0.4, -0.2) is 22.8 Å². The molecule has 112 valence electrons. The number of hydrogen-bond donors (Lipinski definition) is 2. The quantitative estimate of drug-likeness (QED) is 0.794. The normalized spacial score (nSPS) is 14.7. The summed E-state index contributed by atoms with van der Waals surface area (Å²) in [5.41, 5.74) is -0.900. The number of alkyl halides is 3. The summed E-state index contributed by atoms with van der Waals surface area (Å²) < 4.78 is 37.2.